The van der Waals surface area contributed by atoms with Gasteiger partial charge in [0.05, 0.1) is 0 Å². The molecule has 104 valence electrons. The van der Waals surface area contributed by atoms with Crippen molar-refractivity contribution < 1.29 is 4.79 Å². The highest BCUT2D eigenvalue weighted by Gasteiger charge is 2.54. The largest absolute Gasteiger partial charge is 0.353 e. The summed E-state index contributed by atoms with van der Waals surface area (Å²) in [6.07, 6.45) is 7.47. The molecule has 1 heterocycles. The second-order valence-corrected chi connectivity index (χ2v) is 6.22. The first-order chi connectivity index (χ1) is 8.25. The topological polar surface area (TPSA) is 41.1 Å². The average molecular weight is 273 g/mol. The van der Waals surface area contributed by atoms with Crippen molar-refractivity contribution >= 4 is 18.3 Å². The van der Waals surface area contributed by atoms with Gasteiger partial charge in [0.15, 0.2) is 0 Å². The number of rotatable bonds is 2. The van der Waals surface area contributed by atoms with E-state index in [1.807, 2.05) is 0 Å². The lowest BCUT2D eigenvalue weighted by Crippen LogP contribution is -2.47. The Morgan fingerprint density at radius 1 is 1.17 bits per heavy atom. The number of hydrogen-bond donors (Lipinski definition) is 2. The molecule has 4 atom stereocenters. The minimum atomic E-state index is 0. The van der Waals surface area contributed by atoms with Gasteiger partial charge in [-0.15, -0.1) is 12.4 Å². The Kier molecular flexibility index (Phi) is 4.54. The molecule has 3 rings (SSSR count). The van der Waals surface area contributed by atoms with E-state index in [0.717, 1.165) is 31.2 Å². The molecule has 3 aliphatic rings. The summed E-state index contributed by atoms with van der Waals surface area (Å²) in [5.74, 6) is 2.22. The van der Waals surface area contributed by atoms with Gasteiger partial charge in [0, 0.05) is 18.0 Å². The molecule has 0 aromatic carbocycles. The maximum Gasteiger partial charge on any atom is 0.223 e. The van der Waals surface area contributed by atoms with Crippen LogP contribution in [-0.2, 0) is 4.79 Å². The molecule has 2 saturated carbocycles. The SMILES string of the molecule is CC1CC(NC(=O)C2C3CCCCC32)CCN1.Cl. The lowest BCUT2D eigenvalue weighted by Gasteiger charge is -2.28. The van der Waals surface area contributed by atoms with Crippen molar-refractivity contribution in [3.63, 3.8) is 0 Å². The average Bonchev–Trinajstić information content (AvgIpc) is 3.03. The summed E-state index contributed by atoms with van der Waals surface area (Å²) in [4.78, 5) is 12.2. The number of piperidine rings is 1. The van der Waals surface area contributed by atoms with Crippen molar-refractivity contribution in [2.75, 3.05) is 6.54 Å². The van der Waals surface area contributed by atoms with E-state index in [0.29, 0.717) is 23.9 Å². The van der Waals surface area contributed by atoms with Crippen LogP contribution in [0.4, 0.5) is 0 Å². The minimum absolute atomic E-state index is 0. The molecule has 4 heteroatoms. The van der Waals surface area contributed by atoms with Gasteiger partial charge >= 0.3 is 0 Å². The fourth-order valence-electron chi connectivity index (χ4n) is 3.94. The normalized spacial score (nSPS) is 42.4. The van der Waals surface area contributed by atoms with Crippen LogP contribution in [-0.4, -0.2) is 24.5 Å². The van der Waals surface area contributed by atoms with Crippen molar-refractivity contribution in [2.24, 2.45) is 17.8 Å². The van der Waals surface area contributed by atoms with Crippen LogP contribution < -0.4 is 10.6 Å². The Bertz CT molecular complexity index is 298. The predicted molar refractivity (Wildman–Crippen MR) is 74.8 cm³/mol. The molecule has 1 amide bonds. The van der Waals surface area contributed by atoms with E-state index in [1.54, 1.807) is 0 Å². The van der Waals surface area contributed by atoms with E-state index in [2.05, 4.69) is 17.6 Å². The Morgan fingerprint density at radius 3 is 2.44 bits per heavy atom. The first-order valence-electron chi connectivity index (χ1n) is 7.29. The van der Waals surface area contributed by atoms with Gasteiger partial charge in [-0.3, -0.25) is 4.79 Å². The number of carbonyl (C=O) groups excluding carboxylic acids is 1. The molecule has 2 N–H and O–H groups in total. The van der Waals surface area contributed by atoms with Gasteiger partial charge in [0.2, 0.25) is 5.91 Å². The Morgan fingerprint density at radius 2 is 1.83 bits per heavy atom. The van der Waals surface area contributed by atoms with Gasteiger partial charge in [-0.1, -0.05) is 12.8 Å². The van der Waals surface area contributed by atoms with Crippen LogP contribution in [0.1, 0.15) is 45.4 Å². The van der Waals surface area contributed by atoms with Gasteiger partial charge in [-0.25, -0.2) is 0 Å². The van der Waals surface area contributed by atoms with Crippen LogP contribution in [0, 0.1) is 17.8 Å². The molecule has 0 aromatic heterocycles. The van der Waals surface area contributed by atoms with Crippen LogP contribution in [0.2, 0.25) is 0 Å². The number of amides is 1. The quantitative estimate of drug-likeness (QED) is 0.808. The van der Waals surface area contributed by atoms with Crippen LogP contribution in [0.3, 0.4) is 0 Å². The van der Waals surface area contributed by atoms with Gasteiger partial charge in [0.25, 0.3) is 0 Å². The third-order valence-electron chi connectivity index (χ3n) is 4.93. The third kappa shape index (κ3) is 2.83. The van der Waals surface area contributed by atoms with Crippen LogP contribution in [0.5, 0.6) is 0 Å². The van der Waals surface area contributed by atoms with Crippen molar-refractivity contribution in [2.45, 2.75) is 57.5 Å². The highest BCUT2D eigenvalue weighted by molar-refractivity contribution is 5.85. The second-order valence-electron chi connectivity index (χ2n) is 6.22. The summed E-state index contributed by atoms with van der Waals surface area (Å²) in [6, 6.07) is 0.969. The van der Waals surface area contributed by atoms with Crippen LogP contribution >= 0.6 is 12.4 Å². The molecule has 18 heavy (non-hydrogen) atoms. The number of carbonyl (C=O) groups is 1. The molecule has 3 fully saturated rings. The molecular formula is C14H25ClN2O. The standard InChI is InChI=1S/C14H24N2O.ClH/c1-9-8-10(6-7-15-9)16-14(17)13-11-4-2-3-5-12(11)13;/h9-13,15H,2-8H2,1H3,(H,16,17);1H. The highest BCUT2D eigenvalue weighted by Crippen LogP contribution is 2.55. The molecule has 3 nitrogen and oxygen atoms in total. The molecule has 1 saturated heterocycles. The summed E-state index contributed by atoms with van der Waals surface area (Å²) in [6.45, 7) is 3.25. The molecule has 2 aliphatic carbocycles. The van der Waals surface area contributed by atoms with Gasteiger partial charge in [-0.05, 0) is 51.0 Å². The zero-order valence-corrected chi connectivity index (χ0v) is 12.0. The van der Waals surface area contributed by atoms with Gasteiger partial charge in [0.1, 0.15) is 0 Å². The fraction of sp³-hybridized carbons (Fsp3) is 0.929. The van der Waals surface area contributed by atoms with Gasteiger partial charge in [-0.2, -0.15) is 0 Å². The lowest BCUT2D eigenvalue weighted by atomic mass is 10.0. The minimum Gasteiger partial charge on any atom is -0.353 e. The van der Waals surface area contributed by atoms with Crippen molar-refractivity contribution in [3.8, 4) is 0 Å². The summed E-state index contributed by atoms with van der Waals surface area (Å²) in [5.41, 5.74) is 0. The number of nitrogens with one attached hydrogen (secondary N) is 2. The van der Waals surface area contributed by atoms with Crippen LogP contribution in [0.25, 0.3) is 0 Å². The zero-order chi connectivity index (χ0) is 11.8. The number of hydrogen-bond acceptors (Lipinski definition) is 2. The Labute approximate surface area is 116 Å². The molecule has 0 aromatic rings. The Balaban J connectivity index is 0.00000120. The molecule has 4 unspecified atom stereocenters. The molecule has 1 aliphatic heterocycles. The monoisotopic (exact) mass is 272 g/mol. The fourth-order valence-corrected chi connectivity index (χ4v) is 3.94. The first kappa shape index (κ1) is 14.1. The smallest absolute Gasteiger partial charge is 0.223 e. The van der Waals surface area contributed by atoms with Gasteiger partial charge < -0.3 is 10.6 Å². The first-order valence-corrected chi connectivity index (χ1v) is 7.29. The van der Waals surface area contributed by atoms with Crippen molar-refractivity contribution in [1.82, 2.24) is 10.6 Å². The second kappa shape index (κ2) is 5.79. The molecule has 0 radical (unpaired) electrons. The Hall–Kier alpha value is -0.280. The van der Waals surface area contributed by atoms with Crippen molar-refractivity contribution in [1.29, 1.82) is 0 Å². The van der Waals surface area contributed by atoms with Crippen LogP contribution in [0.15, 0.2) is 0 Å². The molecule has 0 bridgehead atoms. The summed E-state index contributed by atoms with van der Waals surface area (Å²) in [7, 11) is 0. The predicted octanol–water partition coefficient (Wildman–Crippen LogP) is 2.10. The van der Waals surface area contributed by atoms with E-state index in [1.165, 1.54) is 25.7 Å². The van der Waals surface area contributed by atoms with Crippen molar-refractivity contribution in [3.05, 3.63) is 0 Å². The number of halogens is 1. The molecule has 0 spiro atoms. The highest BCUT2D eigenvalue weighted by atomic mass is 35.5. The summed E-state index contributed by atoms with van der Waals surface area (Å²) >= 11 is 0. The molecular weight excluding hydrogens is 248 g/mol. The van der Waals surface area contributed by atoms with E-state index in [9.17, 15) is 4.79 Å². The maximum absolute atomic E-state index is 12.2. The maximum atomic E-state index is 12.2. The third-order valence-corrected chi connectivity index (χ3v) is 4.93. The van der Waals surface area contributed by atoms with E-state index in [4.69, 9.17) is 0 Å². The van der Waals surface area contributed by atoms with E-state index in [-0.39, 0.29) is 12.4 Å². The zero-order valence-electron chi connectivity index (χ0n) is 11.2. The van der Waals surface area contributed by atoms with E-state index >= 15 is 0 Å². The summed E-state index contributed by atoms with van der Waals surface area (Å²) < 4.78 is 0. The van der Waals surface area contributed by atoms with E-state index < -0.39 is 0 Å². The number of fused-ring (bicyclic) bond motifs is 1. The lowest BCUT2D eigenvalue weighted by molar-refractivity contribution is -0.123. The summed E-state index contributed by atoms with van der Waals surface area (Å²) in [5, 5.41) is 6.72.